The molecule has 4 heteroatoms. The molecule has 0 aliphatic rings. The fourth-order valence-electron chi connectivity index (χ4n) is 1.43. The predicted molar refractivity (Wildman–Crippen MR) is 71.1 cm³/mol. The predicted octanol–water partition coefficient (Wildman–Crippen LogP) is 4.27. The number of benzene rings is 1. The molecule has 0 fully saturated rings. The van der Waals surface area contributed by atoms with Crippen molar-refractivity contribution in [3.05, 3.63) is 41.3 Å². The lowest BCUT2D eigenvalue weighted by Crippen LogP contribution is -1.96. The smallest absolute Gasteiger partial charge is 0.183 e. The summed E-state index contributed by atoms with van der Waals surface area (Å²) < 4.78 is 0. The van der Waals surface area contributed by atoms with Gasteiger partial charge in [-0.1, -0.05) is 26.0 Å². The Morgan fingerprint density at radius 2 is 1.72 bits per heavy atom. The number of aliphatic hydroxyl groups excluding tert-OH is 1. The molecule has 96 valence electrons. The van der Waals surface area contributed by atoms with Crippen molar-refractivity contribution in [3.8, 4) is 0 Å². The van der Waals surface area contributed by atoms with Gasteiger partial charge in [0.1, 0.15) is 5.76 Å². The second-order valence-electron chi connectivity index (χ2n) is 4.44. The van der Waals surface area contributed by atoms with Gasteiger partial charge in [-0.2, -0.15) is 5.11 Å². The largest absolute Gasteiger partial charge is 0.510 e. The van der Waals surface area contributed by atoms with Crippen LogP contribution in [0.15, 0.2) is 46.0 Å². The molecular formula is C14H18N2O2. The number of allylic oxidation sites excluding steroid dienone is 2. The number of Topliss-reactive ketones (excluding diaryl/α,β-unsaturated/α-hetero) is 1. The summed E-state index contributed by atoms with van der Waals surface area (Å²) in [5.74, 6) is 0.0333. The number of carbonyl (C=O) groups is 1. The lowest BCUT2D eigenvalue weighted by Gasteiger charge is -2.04. The van der Waals surface area contributed by atoms with E-state index in [0.717, 1.165) is 0 Å². The van der Waals surface area contributed by atoms with Crippen LogP contribution < -0.4 is 0 Å². The van der Waals surface area contributed by atoms with Crippen molar-refractivity contribution in [1.29, 1.82) is 0 Å². The maximum atomic E-state index is 11.2. The van der Waals surface area contributed by atoms with Gasteiger partial charge < -0.3 is 5.11 Å². The molecule has 1 aromatic carbocycles. The lowest BCUT2D eigenvalue weighted by atomic mass is 10.0. The molecule has 1 N–H and O–H groups in total. The molecule has 0 spiro atoms. The van der Waals surface area contributed by atoms with E-state index in [-0.39, 0.29) is 17.2 Å². The van der Waals surface area contributed by atoms with E-state index in [1.165, 1.54) is 19.4 Å². The summed E-state index contributed by atoms with van der Waals surface area (Å²) in [6, 6.07) is 7.62. The average molecular weight is 246 g/mol. The Bertz CT molecular complexity index is 481. The van der Waals surface area contributed by atoms with Crippen molar-refractivity contribution < 1.29 is 9.90 Å². The summed E-state index contributed by atoms with van der Waals surface area (Å²) >= 11 is 0. The fraction of sp³-hybridized carbons (Fsp3) is 0.357. The molecular weight excluding hydrogens is 228 g/mol. The quantitative estimate of drug-likeness (QED) is 0.490. The minimum absolute atomic E-state index is 0.0112. The molecule has 0 aliphatic heterocycles. The fourth-order valence-corrected chi connectivity index (χ4v) is 1.43. The van der Waals surface area contributed by atoms with E-state index in [1.54, 1.807) is 0 Å². The van der Waals surface area contributed by atoms with Gasteiger partial charge in [-0.25, -0.2) is 0 Å². The van der Waals surface area contributed by atoms with Gasteiger partial charge in [0.05, 0.1) is 5.69 Å². The number of azo groups is 1. The third-order valence-electron chi connectivity index (χ3n) is 2.50. The highest BCUT2D eigenvalue weighted by molar-refractivity contribution is 5.93. The molecule has 0 amide bonds. The Labute approximate surface area is 107 Å². The van der Waals surface area contributed by atoms with Crippen molar-refractivity contribution >= 4 is 11.5 Å². The number of aliphatic hydroxyl groups is 1. The van der Waals surface area contributed by atoms with E-state index < -0.39 is 0 Å². The molecule has 0 radical (unpaired) electrons. The first-order valence-corrected chi connectivity index (χ1v) is 5.84. The Morgan fingerprint density at radius 3 is 2.11 bits per heavy atom. The van der Waals surface area contributed by atoms with Gasteiger partial charge in [-0.3, -0.25) is 4.79 Å². The topological polar surface area (TPSA) is 62.0 Å². The third kappa shape index (κ3) is 3.80. The average Bonchev–Trinajstić information content (AvgIpc) is 2.28. The minimum Gasteiger partial charge on any atom is -0.510 e. The van der Waals surface area contributed by atoms with E-state index >= 15 is 0 Å². The normalized spacial score (nSPS) is 12.9. The molecule has 0 heterocycles. The van der Waals surface area contributed by atoms with E-state index in [0.29, 0.717) is 11.6 Å². The van der Waals surface area contributed by atoms with Crippen molar-refractivity contribution in [2.75, 3.05) is 0 Å². The van der Waals surface area contributed by atoms with Crippen LogP contribution in [0, 0.1) is 0 Å². The van der Waals surface area contributed by atoms with Crippen LogP contribution >= 0.6 is 0 Å². The molecule has 18 heavy (non-hydrogen) atoms. The Hall–Kier alpha value is -1.97. The molecule has 4 nitrogen and oxygen atoms in total. The monoisotopic (exact) mass is 246 g/mol. The number of hydrogen-bond donors (Lipinski definition) is 1. The van der Waals surface area contributed by atoms with Gasteiger partial charge in [-0.05, 0) is 30.5 Å². The summed E-state index contributed by atoms with van der Waals surface area (Å²) in [5.41, 5.74) is 1.86. The lowest BCUT2D eigenvalue weighted by molar-refractivity contribution is -0.113. The zero-order valence-corrected chi connectivity index (χ0v) is 11.1. The van der Waals surface area contributed by atoms with Crippen LogP contribution in [0.2, 0.25) is 0 Å². The summed E-state index contributed by atoms with van der Waals surface area (Å²) in [6.45, 7) is 6.98. The zero-order valence-electron chi connectivity index (χ0n) is 11.1. The van der Waals surface area contributed by atoms with E-state index in [9.17, 15) is 9.90 Å². The highest BCUT2D eigenvalue weighted by atomic mass is 16.3. The third-order valence-corrected chi connectivity index (χ3v) is 2.50. The highest BCUT2D eigenvalue weighted by Gasteiger charge is 2.06. The first kappa shape index (κ1) is 14.1. The van der Waals surface area contributed by atoms with Crippen molar-refractivity contribution in [3.63, 3.8) is 0 Å². The number of rotatable bonds is 4. The first-order valence-electron chi connectivity index (χ1n) is 5.84. The van der Waals surface area contributed by atoms with Gasteiger partial charge in [0.2, 0.25) is 0 Å². The van der Waals surface area contributed by atoms with Gasteiger partial charge in [-0.15, -0.1) is 5.11 Å². The van der Waals surface area contributed by atoms with Crippen LogP contribution in [-0.4, -0.2) is 10.9 Å². The Balaban J connectivity index is 2.91. The van der Waals surface area contributed by atoms with Crippen LogP contribution in [0.1, 0.15) is 39.2 Å². The second-order valence-corrected chi connectivity index (χ2v) is 4.44. The molecule has 0 bridgehead atoms. The first-order chi connectivity index (χ1) is 8.41. The minimum atomic E-state index is -0.308. The number of hydrogen-bond acceptors (Lipinski definition) is 4. The van der Waals surface area contributed by atoms with E-state index in [2.05, 4.69) is 24.1 Å². The maximum absolute atomic E-state index is 11.2. The molecule has 1 aromatic rings. The zero-order chi connectivity index (χ0) is 13.7. The summed E-state index contributed by atoms with van der Waals surface area (Å²) in [4.78, 5) is 11.2. The van der Waals surface area contributed by atoms with E-state index in [1.807, 2.05) is 24.3 Å². The number of ketones is 1. The molecule has 0 saturated carbocycles. The summed E-state index contributed by atoms with van der Waals surface area (Å²) in [5, 5.41) is 17.0. The van der Waals surface area contributed by atoms with Crippen LogP contribution in [0.4, 0.5) is 5.69 Å². The van der Waals surface area contributed by atoms with Gasteiger partial charge in [0.15, 0.2) is 11.5 Å². The Morgan fingerprint density at radius 1 is 1.17 bits per heavy atom. The molecule has 1 rings (SSSR count). The number of carbonyl (C=O) groups excluding carboxylic acids is 1. The molecule has 0 saturated heterocycles. The highest BCUT2D eigenvalue weighted by Crippen LogP contribution is 2.20. The second kappa shape index (κ2) is 6.10. The summed E-state index contributed by atoms with van der Waals surface area (Å²) in [6.07, 6.45) is 0. The van der Waals surface area contributed by atoms with Gasteiger partial charge in [0, 0.05) is 6.92 Å². The van der Waals surface area contributed by atoms with Crippen LogP contribution in [0.3, 0.4) is 0 Å². The van der Waals surface area contributed by atoms with Crippen LogP contribution in [0.25, 0.3) is 0 Å². The van der Waals surface area contributed by atoms with Crippen molar-refractivity contribution in [2.24, 2.45) is 10.2 Å². The van der Waals surface area contributed by atoms with Crippen molar-refractivity contribution in [1.82, 2.24) is 0 Å². The Kier molecular flexibility index (Phi) is 4.77. The van der Waals surface area contributed by atoms with E-state index in [4.69, 9.17) is 0 Å². The SMILES string of the molecule is CC(=O)/C(N=Nc1ccc(C(C)C)cc1)=C(/C)O. The molecule has 0 unspecified atom stereocenters. The van der Waals surface area contributed by atoms with Crippen LogP contribution in [-0.2, 0) is 4.79 Å². The van der Waals surface area contributed by atoms with Crippen molar-refractivity contribution in [2.45, 2.75) is 33.6 Å². The maximum Gasteiger partial charge on any atom is 0.183 e. The molecule has 0 aliphatic carbocycles. The molecule has 0 atom stereocenters. The van der Waals surface area contributed by atoms with Gasteiger partial charge in [0.25, 0.3) is 0 Å². The van der Waals surface area contributed by atoms with Crippen LogP contribution in [0.5, 0.6) is 0 Å². The van der Waals surface area contributed by atoms with Gasteiger partial charge >= 0.3 is 0 Å². The molecule has 0 aromatic heterocycles. The standard InChI is InChI=1S/C14H18N2O2/c1-9(2)12-5-7-13(8-6-12)15-16-14(10(3)17)11(4)18/h5-9,17H,1-4H3/b14-10+,16-15?. The number of nitrogens with zero attached hydrogens (tertiary/aromatic N) is 2. The summed E-state index contributed by atoms with van der Waals surface area (Å²) in [7, 11) is 0.